The minimum Gasteiger partial charge on any atom is -0.481 e. The van der Waals surface area contributed by atoms with Gasteiger partial charge in [-0.3, -0.25) is 9.59 Å². The smallest absolute Gasteiger partial charge is 0.329 e. The number of hydrogen-bond acceptors (Lipinski definition) is 3. The van der Waals surface area contributed by atoms with Crippen LogP contribution in [0, 0.1) is 0 Å². The molecule has 0 radical (unpaired) electrons. The van der Waals surface area contributed by atoms with E-state index >= 15 is 0 Å². The monoisotopic (exact) mass is 722 g/mol. The molecule has 2 N–H and O–H groups in total. The lowest BCUT2D eigenvalue weighted by molar-refractivity contribution is -0.162. The van der Waals surface area contributed by atoms with E-state index in [4.69, 9.17) is 0 Å². The van der Waals surface area contributed by atoms with Gasteiger partial charge in [-0.25, -0.2) is 4.79 Å². The van der Waals surface area contributed by atoms with Crippen LogP contribution in [-0.4, -0.2) is 45.0 Å². The average Bonchev–Trinajstić information content (AvgIpc) is 3.11. The Morgan fingerprint density at radius 2 is 0.706 bits per heavy atom. The molecule has 0 bridgehead atoms. The van der Waals surface area contributed by atoms with Crippen molar-refractivity contribution in [3.05, 3.63) is 0 Å². The lowest BCUT2D eigenvalue weighted by Gasteiger charge is -2.41. The van der Waals surface area contributed by atoms with Gasteiger partial charge in [0.05, 0.1) is 0 Å². The number of rotatable bonds is 41. The van der Waals surface area contributed by atoms with E-state index in [1.165, 1.54) is 135 Å². The quantitative estimate of drug-likeness (QED) is 0.0613. The molecule has 0 unspecified atom stereocenters. The number of carbonyl (C=O) groups is 3. The van der Waals surface area contributed by atoms with Crippen LogP contribution in [0.3, 0.4) is 0 Å². The number of amides is 1. The van der Waals surface area contributed by atoms with Crippen LogP contribution in [0.25, 0.3) is 0 Å². The first kappa shape index (κ1) is 49.4. The topological polar surface area (TPSA) is 94.9 Å². The van der Waals surface area contributed by atoms with Crippen molar-refractivity contribution < 1.29 is 24.6 Å². The predicted octanol–water partition coefficient (Wildman–Crippen LogP) is 14.2. The number of carbonyl (C=O) groups excluding carboxylic acids is 1. The molecule has 6 heteroatoms. The second-order valence-corrected chi connectivity index (χ2v) is 15.9. The van der Waals surface area contributed by atoms with Crippen molar-refractivity contribution in [1.82, 2.24) is 4.90 Å². The number of aliphatic carboxylic acids is 2. The van der Waals surface area contributed by atoms with Gasteiger partial charge in [0.15, 0.2) is 0 Å². The fraction of sp³-hybridized carbons (Fsp3) is 0.933. The first-order valence-electron chi connectivity index (χ1n) is 22.6. The molecule has 0 aromatic carbocycles. The van der Waals surface area contributed by atoms with E-state index in [2.05, 4.69) is 20.8 Å². The zero-order valence-corrected chi connectivity index (χ0v) is 34.4. The van der Waals surface area contributed by atoms with Gasteiger partial charge in [0.1, 0.15) is 5.54 Å². The molecular formula is C45H87NO5. The van der Waals surface area contributed by atoms with Crippen LogP contribution in [0.4, 0.5) is 0 Å². The van der Waals surface area contributed by atoms with E-state index in [1.54, 1.807) is 4.90 Å². The van der Waals surface area contributed by atoms with Gasteiger partial charge in [-0.15, -0.1) is 0 Å². The second-order valence-electron chi connectivity index (χ2n) is 15.9. The van der Waals surface area contributed by atoms with Crippen LogP contribution in [-0.2, 0) is 14.4 Å². The van der Waals surface area contributed by atoms with Crippen LogP contribution in [0.5, 0.6) is 0 Å². The Balaban J connectivity index is 4.57. The zero-order chi connectivity index (χ0) is 37.7. The summed E-state index contributed by atoms with van der Waals surface area (Å²) in [5, 5.41) is 20.2. The molecule has 0 spiro atoms. The van der Waals surface area contributed by atoms with Crippen molar-refractivity contribution in [2.75, 3.05) is 6.54 Å². The maximum absolute atomic E-state index is 13.8. The maximum Gasteiger partial charge on any atom is 0.329 e. The van der Waals surface area contributed by atoms with Crippen molar-refractivity contribution in [2.45, 2.75) is 264 Å². The van der Waals surface area contributed by atoms with Gasteiger partial charge in [0.2, 0.25) is 5.91 Å². The highest BCUT2D eigenvalue weighted by Crippen LogP contribution is 2.31. The number of unbranched alkanes of at least 4 members (excludes halogenated alkanes) is 30. The molecule has 302 valence electrons. The van der Waals surface area contributed by atoms with Crippen molar-refractivity contribution in [3.8, 4) is 0 Å². The van der Waals surface area contributed by atoms with Crippen molar-refractivity contribution in [1.29, 1.82) is 0 Å². The minimum absolute atomic E-state index is 0.0203. The standard InChI is InChI=1S/C45H87NO5/c1-4-7-10-13-16-17-18-19-20-21-22-23-24-25-26-27-28-29-30-31-34-37-42(47)46(41-36-33-15-12-9-6-3)45(44(50)51,40-38-43(48)49)39-35-32-14-11-8-5-2/h4-41H2,1-3H3,(H,48,49)(H,50,51)/t45-/m1/s1. The Hall–Kier alpha value is -1.59. The van der Waals surface area contributed by atoms with Gasteiger partial charge in [-0.1, -0.05) is 220 Å². The lowest BCUT2D eigenvalue weighted by atomic mass is 9.84. The Morgan fingerprint density at radius 1 is 0.392 bits per heavy atom. The minimum atomic E-state index is -1.43. The molecular weight excluding hydrogens is 634 g/mol. The van der Waals surface area contributed by atoms with Gasteiger partial charge < -0.3 is 15.1 Å². The fourth-order valence-electron chi connectivity index (χ4n) is 7.71. The molecule has 0 rings (SSSR count). The van der Waals surface area contributed by atoms with E-state index in [0.717, 1.165) is 70.6 Å². The third-order valence-electron chi connectivity index (χ3n) is 11.1. The van der Waals surface area contributed by atoms with E-state index in [9.17, 15) is 24.6 Å². The third kappa shape index (κ3) is 28.6. The Labute approximate surface area is 317 Å². The van der Waals surface area contributed by atoms with Gasteiger partial charge >= 0.3 is 11.9 Å². The summed E-state index contributed by atoms with van der Waals surface area (Å²) in [6.07, 6.45) is 40.5. The molecule has 1 amide bonds. The highest BCUT2D eigenvalue weighted by atomic mass is 16.4. The number of hydrogen-bond donors (Lipinski definition) is 2. The lowest BCUT2D eigenvalue weighted by Crippen LogP contribution is -2.57. The molecule has 0 aliphatic rings. The SMILES string of the molecule is CCCCCCCCCCCCCCCCCCCCCCCC(=O)N(CCCCCCCC)[C@](CCCCCCCC)(CCC(=O)O)C(=O)O. The second kappa shape index (κ2) is 36.8. The molecule has 1 atom stereocenters. The van der Waals surface area contributed by atoms with Crippen molar-refractivity contribution in [3.63, 3.8) is 0 Å². The van der Waals surface area contributed by atoms with Crippen LogP contribution in [0.2, 0.25) is 0 Å². The summed E-state index contributed by atoms with van der Waals surface area (Å²) >= 11 is 0. The fourth-order valence-corrected chi connectivity index (χ4v) is 7.71. The zero-order valence-electron chi connectivity index (χ0n) is 34.4. The normalized spacial score (nSPS) is 12.6. The molecule has 0 aliphatic carbocycles. The highest BCUT2D eigenvalue weighted by Gasteiger charge is 2.45. The maximum atomic E-state index is 13.8. The molecule has 0 saturated carbocycles. The van der Waals surface area contributed by atoms with Crippen LogP contribution < -0.4 is 0 Å². The van der Waals surface area contributed by atoms with Gasteiger partial charge in [0, 0.05) is 19.4 Å². The predicted molar refractivity (Wildman–Crippen MR) is 218 cm³/mol. The van der Waals surface area contributed by atoms with Gasteiger partial charge in [0.25, 0.3) is 0 Å². The molecule has 0 saturated heterocycles. The summed E-state index contributed by atoms with van der Waals surface area (Å²) < 4.78 is 0. The summed E-state index contributed by atoms with van der Waals surface area (Å²) in [5.41, 5.74) is -1.43. The van der Waals surface area contributed by atoms with Crippen molar-refractivity contribution in [2.24, 2.45) is 0 Å². The summed E-state index contributed by atoms with van der Waals surface area (Å²) in [6.45, 7) is 7.06. The van der Waals surface area contributed by atoms with Crippen LogP contribution >= 0.6 is 0 Å². The Bertz CT molecular complexity index is 801. The van der Waals surface area contributed by atoms with E-state index in [0.29, 0.717) is 25.8 Å². The average molecular weight is 722 g/mol. The summed E-state index contributed by atoms with van der Waals surface area (Å²) in [4.78, 5) is 40.1. The molecule has 0 heterocycles. The largest absolute Gasteiger partial charge is 0.481 e. The molecule has 0 aromatic heterocycles. The summed E-state index contributed by atoms with van der Waals surface area (Å²) in [5.74, 6) is -2.13. The number of carboxylic acid groups (broad SMARTS) is 2. The summed E-state index contributed by atoms with van der Waals surface area (Å²) in [6, 6.07) is 0. The first-order valence-corrected chi connectivity index (χ1v) is 22.6. The highest BCUT2D eigenvalue weighted by molar-refractivity contribution is 5.87. The molecule has 0 fully saturated rings. The molecule has 0 aliphatic heterocycles. The van der Waals surface area contributed by atoms with Gasteiger partial charge in [-0.2, -0.15) is 0 Å². The van der Waals surface area contributed by atoms with E-state index in [-0.39, 0.29) is 18.7 Å². The van der Waals surface area contributed by atoms with E-state index in [1.807, 2.05) is 0 Å². The number of carboxylic acids is 2. The third-order valence-corrected chi connectivity index (χ3v) is 11.1. The summed E-state index contributed by atoms with van der Waals surface area (Å²) in [7, 11) is 0. The van der Waals surface area contributed by atoms with Crippen LogP contribution in [0.15, 0.2) is 0 Å². The first-order chi connectivity index (χ1) is 24.9. The van der Waals surface area contributed by atoms with Gasteiger partial charge in [-0.05, 0) is 25.7 Å². The Kier molecular flexibility index (Phi) is 35.6. The van der Waals surface area contributed by atoms with Crippen molar-refractivity contribution >= 4 is 17.8 Å². The molecule has 0 aromatic rings. The molecule has 51 heavy (non-hydrogen) atoms. The number of nitrogens with zero attached hydrogens (tertiary/aromatic N) is 1. The molecule has 6 nitrogen and oxygen atoms in total. The Morgan fingerprint density at radius 3 is 1.04 bits per heavy atom. The van der Waals surface area contributed by atoms with Crippen LogP contribution in [0.1, 0.15) is 258 Å². The van der Waals surface area contributed by atoms with E-state index < -0.39 is 17.5 Å².